The zero-order valence-corrected chi connectivity index (χ0v) is 19.8. The highest BCUT2D eigenvalue weighted by Gasteiger charge is 2.29. The smallest absolute Gasteiger partial charge is 0.227 e. The third-order valence-electron chi connectivity index (χ3n) is 7.03. The summed E-state index contributed by atoms with van der Waals surface area (Å²) in [5.74, 6) is 1.78. The second kappa shape index (κ2) is 9.64. The van der Waals surface area contributed by atoms with E-state index in [1.165, 1.54) is 5.56 Å². The van der Waals surface area contributed by atoms with Crippen LogP contribution >= 0.6 is 0 Å². The molecule has 8 nitrogen and oxygen atoms in total. The molecule has 2 aliphatic heterocycles. The summed E-state index contributed by atoms with van der Waals surface area (Å²) in [6.07, 6.45) is 2.06. The summed E-state index contributed by atoms with van der Waals surface area (Å²) in [5.41, 5.74) is 11.4. The molecular weight excluding hydrogens is 440 g/mol. The minimum absolute atomic E-state index is 0.315. The first-order chi connectivity index (χ1) is 17.2. The Bertz CT molecular complexity index is 1280. The third kappa shape index (κ3) is 4.59. The summed E-state index contributed by atoms with van der Waals surface area (Å²) < 4.78 is 11.5. The van der Waals surface area contributed by atoms with Crippen LogP contribution in [-0.4, -0.2) is 59.4 Å². The van der Waals surface area contributed by atoms with E-state index in [0.29, 0.717) is 30.5 Å². The van der Waals surface area contributed by atoms with Gasteiger partial charge in [-0.2, -0.15) is 0 Å². The summed E-state index contributed by atoms with van der Waals surface area (Å²) in [7, 11) is 0. The molecule has 2 aromatic heterocycles. The van der Waals surface area contributed by atoms with Gasteiger partial charge < -0.3 is 19.9 Å². The van der Waals surface area contributed by atoms with Gasteiger partial charge in [-0.3, -0.25) is 4.90 Å². The lowest BCUT2D eigenvalue weighted by Gasteiger charge is -2.31. The molecule has 0 saturated carbocycles. The Morgan fingerprint density at radius 3 is 2.37 bits per heavy atom. The molecule has 8 heteroatoms. The van der Waals surface area contributed by atoms with Gasteiger partial charge in [0, 0.05) is 36.8 Å². The Balaban J connectivity index is 1.31. The van der Waals surface area contributed by atoms with Crippen molar-refractivity contribution < 1.29 is 9.26 Å². The number of nitrogens with zero attached hydrogens (tertiary/aromatic N) is 5. The first-order valence-electron chi connectivity index (χ1n) is 12.4. The van der Waals surface area contributed by atoms with Gasteiger partial charge in [-0.15, -0.1) is 0 Å². The number of piperidine rings is 1. The molecule has 2 fully saturated rings. The topological polar surface area (TPSA) is 93.5 Å². The lowest BCUT2D eigenvalue weighted by atomic mass is 9.92. The SMILES string of the molecule is Nc1ccc(-c2nc(N3CCOCC3)c3onc(C4CCN(Cc5ccccc5)CC4)c3n2)cc1. The van der Waals surface area contributed by atoms with E-state index >= 15 is 0 Å². The van der Waals surface area contributed by atoms with Crippen molar-refractivity contribution in [3.05, 3.63) is 65.9 Å². The van der Waals surface area contributed by atoms with Crippen LogP contribution in [0.25, 0.3) is 22.5 Å². The standard InChI is InChI=1S/C27H30N6O2/c28-22-8-6-21(7-9-22)26-29-24-23(31-35-25(24)27(30-26)33-14-16-34-17-15-33)20-10-12-32(13-11-20)18-19-4-2-1-3-5-19/h1-9,20H,10-18,28H2. The summed E-state index contributed by atoms with van der Waals surface area (Å²) in [6, 6.07) is 18.4. The first kappa shape index (κ1) is 22.0. The molecular formula is C27H30N6O2. The predicted molar refractivity (Wildman–Crippen MR) is 136 cm³/mol. The van der Waals surface area contributed by atoms with Gasteiger partial charge in [0.2, 0.25) is 5.58 Å². The molecule has 4 heterocycles. The van der Waals surface area contributed by atoms with E-state index in [1.54, 1.807) is 0 Å². The Labute approximate surface area is 204 Å². The summed E-state index contributed by atoms with van der Waals surface area (Å²) in [5, 5.41) is 4.56. The van der Waals surface area contributed by atoms with E-state index < -0.39 is 0 Å². The van der Waals surface area contributed by atoms with Crippen molar-refractivity contribution in [1.29, 1.82) is 0 Å². The van der Waals surface area contributed by atoms with Crippen LogP contribution in [-0.2, 0) is 11.3 Å². The molecule has 2 N–H and O–H groups in total. The van der Waals surface area contributed by atoms with Crippen LogP contribution in [0.3, 0.4) is 0 Å². The average Bonchev–Trinajstić information content (AvgIpc) is 3.34. The predicted octanol–water partition coefficient (Wildman–Crippen LogP) is 4.08. The number of aromatic nitrogens is 3. The second-order valence-electron chi connectivity index (χ2n) is 9.37. The number of likely N-dealkylation sites (tertiary alicyclic amines) is 1. The van der Waals surface area contributed by atoms with Gasteiger partial charge in [-0.05, 0) is 55.8 Å². The zero-order chi connectivity index (χ0) is 23.6. The lowest BCUT2D eigenvalue weighted by Crippen LogP contribution is -2.37. The number of hydrogen-bond donors (Lipinski definition) is 1. The minimum atomic E-state index is 0.315. The number of benzene rings is 2. The molecule has 0 spiro atoms. The van der Waals surface area contributed by atoms with Crippen LogP contribution < -0.4 is 10.6 Å². The molecule has 0 unspecified atom stereocenters. The van der Waals surface area contributed by atoms with Gasteiger partial charge >= 0.3 is 0 Å². The summed E-state index contributed by atoms with van der Waals surface area (Å²) >= 11 is 0. The molecule has 180 valence electrons. The Morgan fingerprint density at radius 2 is 1.63 bits per heavy atom. The van der Waals surface area contributed by atoms with Crippen molar-refractivity contribution >= 4 is 22.6 Å². The molecule has 2 saturated heterocycles. The Hall–Kier alpha value is -3.49. The molecule has 0 amide bonds. The number of nitrogen functional groups attached to an aromatic ring is 1. The normalized spacial score (nSPS) is 17.8. The van der Waals surface area contributed by atoms with Gasteiger partial charge in [-0.1, -0.05) is 35.5 Å². The highest BCUT2D eigenvalue weighted by molar-refractivity contribution is 5.88. The van der Waals surface area contributed by atoms with Crippen LogP contribution in [0.5, 0.6) is 0 Å². The van der Waals surface area contributed by atoms with E-state index in [4.69, 9.17) is 25.0 Å². The lowest BCUT2D eigenvalue weighted by molar-refractivity contribution is 0.122. The molecule has 0 atom stereocenters. The minimum Gasteiger partial charge on any atom is -0.399 e. The van der Waals surface area contributed by atoms with Crippen LogP contribution in [0, 0.1) is 0 Å². The highest BCUT2D eigenvalue weighted by Crippen LogP contribution is 2.36. The number of nitrogens with two attached hydrogens (primary N) is 1. The van der Waals surface area contributed by atoms with Crippen LogP contribution in [0.4, 0.5) is 11.5 Å². The molecule has 4 aromatic rings. The van der Waals surface area contributed by atoms with Gasteiger partial charge in [0.15, 0.2) is 11.6 Å². The highest BCUT2D eigenvalue weighted by atomic mass is 16.5. The van der Waals surface area contributed by atoms with Crippen molar-refractivity contribution in [3.8, 4) is 11.4 Å². The zero-order valence-electron chi connectivity index (χ0n) is 19.8. The third-order valence-corrected chi connectivity index (χ3v) is 7.03. The number of ether oxygens (including phenoxy) is 1. The van der Waals surface area contributed by atoms with E-state index in [1.807, 2.05) is 24.3 Å². The summed E-state index contributed by atoms with van der Waals surface area (Å²) in [6.45, 7) is 5.91. The molecule has 6 rings (SSSR count). The monoisotopic (exact) mass is 470 g/mol. The van der Waals surface area contributed by atoms with E-state index in [9.17, 15) is 0 Å². The van der Waals surface area contributed by atoms with Crippen LogP contribution in [0.2, 0.25) is 0 Å². The maximum Gasteiger partial charge on any atom is 0.227 e. The Morgan fingerprint density at radius 1 is 0.886 bits per heavy atom. The maximum atomic E-state index is 5.93. The van der Waals surface area contributed by atoms with Gasteiger partial charge in [0.05, 0.1) is 13.2 Å². The number of morpholine rings is 1. The van der Waals surface area contributed by atoms with Crippen molar-refractivity contribution in [2.75, 3.05) is 50.0 Å². The van der Waals surface area contributed by atoms with Crippen LogP contribution in [0.1, 0.15) is 30.0 Å². The fourth-order valence-corrected chi connectivity index (χ4v) is 5.06. The molecule has 2 aromatic carbocycles. The van der Waals surface area contributed by atoms with Gasteiger partial charge in [0.25, 0.3) is 0 Å². The summed E-state index contributed by atoms with van der Waals surface area (Å²) in [4.78, 5) is 14.6. The van der Waals surface area contributed by atoms with Crippen LogP contribution in [0.15, 0.2) is 59.1 Å². The number of fused-ring (bicyclic) bond motifs is 1. The maximum absolute atomic E-state index is 5.93. The number of rotatable bonds is 5. The fourth-order valence-electron chi connectivity index (χ4n) is 5.06. The molecule has 0 aliphatic carbocycles. The van der Waals surface area contributed by atoms with E-state index in [0.717, 1.165) is 73.8 Å². The van der Waals surface area contributed by atoms with Gasteiger partial charge in [-0.25, -0.2) is 9.97 Å². The quantitative estimate of drug-likeness (QED) is 0.436. The second-order valence-corrected chi connectivity index (χ2v) is 9.37. The fraction of sp³-hybridized carbons (Fsp3) is 0.370. The van der Waals surface area contributed by atoms with Crippen molar-refractivity contribution in [1.82, 2.24) is 20.0 Å². The number of anilines is 2. The average molecular weight is 471 g/mol. The molecule has 2 aliphatic rings. The largest absolute Gasteiger partial charge is 0.399 e. The Kier molecular flexibility index (Phi) is 6.06. The number of hydrogen-bond acceptors (Lipinski definition) is 8. The van der Waals surface area contributed by atoms with Crippen molar-refractivity contribution in [2.24, 2.45) is 0 Å². The molecule has 0 radical (unpaired) electrons. The van der Waals surface area contributed by atoms with Crippen molar-refractivity contribution in [2.45, 2.75) is 25.3 Å². The molecule has 35 heavy (non-hydrogen) atoms. The van der Waals surface area contributed by atoms with Crippen molar-refractivity contribution in [3.63, 3.8) is 0 Å². The van der Waals surface area contributed by atoms with E-state index in [2.05, 4.69) is 45.3 Å². The van der Waals surface area contributed by atoms with Gasteiger partial charge in [0.1, 0.15) is 11.2 Å². The van der Waals surface area contributed by atoms with E-state index in [-0.39, 0.29) is 0 Å². The molecule has 0 bridgehead atoms. The first-order valence-corrected chi connectivity index (χ1v) is 12.4.